The number of hydrogen-bond acceptors (Lipinski definition) is 4. The molecule has 6 heteroatoms. The maximum absolute atomic E-state index is 12.2. The Morgan fingerprint density at radius 1 is 1.37 bits per heavy atom. The number of rotatable bonds is 2. The second-order valence-corrected chi connectivity index (χ2v) is 4.78. The van der Waals surface area contributed by atoms with E-state index in [1.54, 1.807) is 6.20 Å². The van der Waals surface area contributed by atoms with E-state index in [0.29, 0.717) is 12.2 Å². The Balaban J connectivity index is 1.71. The summed E-state index contributed by atoms with van der Waals surface area (Å²) in [5.74, 6) is 1.19. The van der Waals surface area contributed by atoms with Gasteiger partial charge in [0.1, 0.15) is 11.5 Å². The zero-order chi connectivity index (χ0) is 13.2. The Kier molecular flexibility index (Phi) is 2.98. The molecule has 1 N–H and O–H groups in total. The summed E-state index contributed by atoms with van der Waals surface area (Å²) in [6.07, 6.45) is 7.36. The van der Waals surface area contributed by atoms with Crippen LogP contribution in [-0.2, 0) is 0 Å². The SMILES string of the molecule is Cc1cnc(C2CCN(C(=O)c3cnccn3)C2)[nH]1. The van der Waals surface area contributed by atoms with Crippen molar-refractivity contribution in [2.24, 2.45) is 0 Å². The van der Waals surface area contributed by atoms with Crippen LogP contribution in [0.15, 0.2) is 24.8 Å². The topological polar surface area (TPSA) is 74.8 Å². The van der Waals surface area contributed by atoms with Gasteiger partial charge in [0.2, 0.25) is 0 Å². The molecule has 1 amide bonds. The second-order valence-electron chi connectivity index (χ2n) is 4.78. The number of carbonyl (C=O) groups is 1. The van der Waals surface area contributed by atoms with E-state index in [2.05, 4.69) is 19.9 Å². The minimum absolute atomic E-state index is 0.0566. The number of carbonyl (C=O) groups excluding carboxylic acids is 1. The molecule has 0 spiro atoms. The standard InChI is InChI=1S/C13H15N5O/c1-9-6-16-12(17-9)10-2-5-18(8-10)13(19)11-7-14-3-4-15-11/h3-4,6-7,10H,2,5,8H2,1H3,(H,16,17). The Morgan fingerprint density at radius 3 is 2.95 bits per heavy atom. The summed E-state index contributed by atoms with van der Waals surface area (Å²) in [5.41, 5.74) is 1.45. The molecule has 3 heterocycles. The van der Waals surface area contributed by atoms with Gasteiger partial charge in [0.05, 0.1) is 6.20 Å². The number of nitrogens with zero attached hydrogens (tertiary/aromatic N) is 4. The molecular weight excluding hydrogens is 242 g/mol. The van der Waals surface area contributed by atoms with Crippen molar-refractivity contribution in [3.63, 3.8) is 0 Å². The van der Waals surface area contributed by atoms with Crippen LogP contribution < -0.4 is 0 Å². The first-order valence-electron chi connectivity index (χ1n) is 6.31. The van der Waals surface area contributed by atoms with Crippen LogP contribution in [0.1, 0.15) is 34.3 Å². The fourth-order valence-electron chi connectivity index (χ4n) is 2.38. The Labute approximate surface area is 110 Å². The van der Waals surface area contributed by atoms with E-state index >= 15 is 0 Å². The number of hydrogen-bond donors (Lipinski definition) is 1. The predicted octanol–water partition coefficient (Wildman–Crippen LogP) is 1.14. The van der Waals surface area contributed by atoms with Gasteiger partial charge in [-0.25, -0.2) is 9.97 Å². The van der Waals surface area contributed by atoms with Gasteiger partial charge in [0.25, 0.3) is 5.91 Å². The Hall–Kier alpha value is -2.24. The summed E-state index contributed by atoms with van der Waals surface area (Å²) in [6, 6.07) is 0. The molecule has 0 aliphatic carbocycles. The lowest BCUT2D eigenvalue weighted by molar-refractivity contribution is 0.0784. The van der Waals surface area contributed by atoms with Gasteiger partial charge in [-0.3, -0.25) is 9.78 Å². The van der Waals surface area contributed by atoms with Crippen molar-refractivity contribution in [2.45, 2.75) is 19.3 Å². The van der Waals surface area contributed by atoms with E-state index in [1.165, 1.54) is 12.4 Å². The molecule has 2 aromatic rings. The maximum Gasteiger partial charge on any atom is 0.274 e. The van der Waals surface area contributed by atoms with Crippen LogP contribution in [0.4, 0.5) is 0 Å². The van der Waals surface area contributed by atoms with Gasteiger partial charge in [-0.05, 0) is 13.3 Å². The smallest absolute Gasteiger partial charge is 0.274 e. The average Bonchev–Trinajstić information content (AvgIpc) is 3.07. The molecule has 98 valence electrons. The molecule has 1 aliphatic heterocycles. The van der Waals surface area contributed by atoms with Gasteiger partial charge < -0.3 is 9.88 Å². The largest absolute Gasteiger partial charge is 0.346 e. The molecule has 6 nitrogen and oxygen atoms in total. The molecule has 1 fully saturated rings. The van der Waals surface area contributed by atoms with Crippen LogP contribution in [0.3, 0.4) is 0 Å². The third-order valence-electron chi connectivity index (χ3n) is 3.37. The molecule has 1 aliphatic rings. The number of H-pyrrole nitrogens is 1. The summed E-state index contributed by atoms with van der Waals surface area (Å²) < 4.78 is 0. The van der Waals surface area contributed by atoms with Crippen molar-refractivity contribution in [3.05, 3.63) is 42.0 Å². The minimum Gasteiger partial charge on any atom is -0.346 e. The lowest BCUT2D eigenvalue weighted by Crippen LogP contribution is -2.29. The molecule has 2 aromatic heterocycles. The quantitative estimate of drug-likeness (QED) is 0.875. The van der Waals surface area contributed by atoms with Crippen LogP contribution in [0.25, 0.3) is 0 Å². The summed E-state index contributed by atoms with van der Waals surface area (Å²) in [7, 11) is 0. The first-order valence-corrected chi connectivity index (χ1v) is 6.31. The first kappa shape index (κ1) is 11.8. The van der Waals surface area contributed by atoms with E-state index in [-0.39, 0.29) is 11.8 Å². The molecule has 1 atom stereocenters. The van der Waals surface area contributed by atoms with Gasteiger partial charge in [-0.1, -0.05) is 0 Å². The highest BCUT2D eigenvalue weighted by Crippen LogP contribution is 2.25. The summed E-state index contributed by atoms with van der Waals surface area (Å²) in [6.45, 7) is 3.40. The molecule has 1 saturated heterocycles. The fraction of sp³-hybridized carbons (Fsp3) is 0.385. The first-order chi connectivity index (χ1) is 9.24. The van der Waals surface area contributed by atoms with Crippen LogP contribution in [0, 0.1) is 6.92 Å². The van der Waals surface area contributed by atoms with E-state index in [9.17, 15) is 4.79 Å². The summed E-state index contributed by atoms with van der Waals surface area (Å²) in [5, 5.41) is 0. The predicted molar refractivity (Wildman–Crippen MR) is 68.6 cm³/mol. The zero-order valence-corrected chi connectivity index (χ0v) is 10.7. The lowest BCUT2D eigenvalue weighted by Gasteiger charge is -2.15. The molecule has 0 bridgehead atoms. The molecule has 19 heavy (non-hydrogen) atoms. The fourth-order valence-corrected chi connectivity index (χ4v) is 2.38. The molecule has 0 radical (unpaired) electrons. The number of nitrogens with one attached hydrogen (secondary N) is 1. The third-order valence-corrected chi connectivity index (χ3v) is 3.37. The van der Waals surface area contributed by atoms with Crippen LogP contribution in [0.2, 0.25) is 0 Å². The van der Waals surface area contributed by atoms with E-state index in [1.807, 2.05) is 18.0 Å². The molecular formula is C13H15N5O. The molecule has 3 rings (SSSR count). The highest BCUT2D eigenvalue weighted by Gasteiger charge is 2.30. The van der Waals surface area contributed by atoms with E-state index in [4.69, 9.17) is 0 Å². The van der Waals surface area contributed by atoms with Crippen LogP contribution in [-0.4, -0.2) is 43.8 Å². The monoisotopic (exact) mass is 257 g/mol. The summed E-state index contributed by atoms with van der Waals surface area (Å²) >= 11 is 0. The number of aromatic amines is 1. The van der Waals surface area contributed by atoms with Gasteiger partial charge in [-0.2, -0.15) is 0 Å². The van der Waals surface area contributed by atoms with Crippen molar-refractivity contribution < 1.29 is 4.79 Å². The van der Waals surface area contributed by atoms with Crippen molar-refractivity contribution >= 4 is 5.91 Å². The van der Waals surface area contributed by atoms with Crippen molar-refractivity contribution in [1.29, 1.82) is 0 Å². The lowest BCUT2D eigenvalue weighted by atomic mass is 10.1. The molecule has 1 unspecified atom stereocenters. The third kappa shape index (κ3) is 2.33. The molecule has 0 saturated carbocycles. The van der Waals surface area contributed by atoms with Gasteiger partial charge in [0.15, 0.2) is 0 Å². The van der Waals surface area contributed by atoms with Gasteiger partial charge in [-0.15, -0.1) is 0 Å². The highest BCUT2D eigenvalue weighted by molar-refractivity contribution is 5.92. The Bertz CT molecular complexity index is 580. The Morgan fingerprint density at radius 2 is 2.26 bits per heavy atom. The number of aryl methyl sites for hydroxylation is 1. The van der Waals surface area contributed by atoms with Crippen LogP contribution >= 0.6 is 0 Å². The normalized spacial score (nSPS) is 18.8. The number of likely N-dealkylation sites (tertiary alicyclic amines) is 1. The highest BCUT2D eigenvalue weighted by atomic mass is 16.2. The minimum atomic E-state index is -0.0566. The number of imidazole rings is 1. The number of amides is 1. The summed E-state index contributed by atoms with van der Waals surface area (Å²) in [4.78, 5) is 29.6. The second kappa shape index (κ2) is 4.79. The van der Waals surface area contributed by atoms with E-state index < -0.39 is 0 Å². The van der Waals surface area contributed by atoms with Crippen molar-refractivity contribution in [2.75, 3.05) is 13.1 Å². The van der Waals surface area contributed by atoms with Crippen molar-refractivity contribution in [3.8, 4) is 0 Å². The van der Waals surface area contributed by atoms with Gasteiger partial charge >= 0.3 is 0 Å². The average molecular weight is 257 g/mol. The van der Waals surface area contributed by atoms with Gasteiger partial charge in [0, 0.05) is 43.3 Å². The van der Waals surface area contributed by atoms with E-state index in [0.717, 1.165) is 24.5 Å². The molecule has 0 aromatic carbocycles. The van der Waals surface area contributed by atoms with Crippen molar-refractivity contribution in [1.82, 2.24) is 24.8 Å². The van der Waals surface area contributed by atoms with Crippen LogP contribution in [0.5, 0.6) is 0 Å². The number of aromatic nitrogens is 4. The zero-order valence-electron chi connectivity index (χ0n) is 10.7. The maximum atomic E-state index is 12.2.